The first-order chi connectivity index (χ1) is 14.6. The Kier molecular flexibility index (Phi) is 6.13. The van der Waals surface area contributed by atoms with Crippen LogP contribution in [0, 0.1) is 0 Å². The average Bonchev–Trinajstić information content (AvgIpc) is 3.27. The molecule has 9 heteroatoms. The highest BCUT2D eigenvalue weighted by Crippen LogP contribution is 2.28. The molecule has 156 valence electrons. The van der Waals surface area contributed by atoms with Crippen molar-refractivity contribution in [3.8, 4) is 23.0 Å². The van der Waals surface area contributed by atoms with E-state index in [1.807, 2.05) is 24.3 Å². The summed E-state index contributed by atoms with van der Waals surface area (Å²) in [6, 6.07) is 9.71. The summed E-state index contributed by atoms with van der Waals surface area (Å²) in [6.07, 6.45) is 6.32. The SMILES string of the molecule is COc1ccccc1-c1cc(C(=O)NC2CCC(Oc3ncc(Cl)cn3)CC2)[nH]n1. The topological polar surface area (TPSA) is 102 Å². The van der Waals surface area contributed by atoms with E-state index in [1.54, 1.807) is 13.2 Å². The molecule has 1 aliphatic carbocycles. The van der Waals surface area contributed by atoms with Crippen LogP contribution in [0.25, 0.3) is 11.3 Å². The van der Waals surface area contributed by atoms with Crippen molar-refractivity contribution in [3.63, 3.8) is 0 Å². The summed E-state index contributed by atoms with van der Waals surface area (Å²) in [5.41, 5.74) is 1.92. The fourth-order valence-electron chi connectivity index (χ4n) is 3.53. The van der Waals surface area contributed by atoms with Gasteiger partial charge < -0.3 is 14.8 Å². The number of halogens is 1. The first-order valence-corrected chi connectivity index (χ1v) is 10.1. The van der Waals surface area contributed by atoms with E-state index in [-0.39, 0.29) is 18.1 Å². The van der Waals surface area contributed by atoms with Crippen LogP contribution in [0.4, 0.5) is 0 Å². The summed E-state index contributed by atoms with van der Waals surface area (Å²) in [5, 5.41) is 10.6. The number of H-pyrrole nitrogens is 1. The zero-order valence-electron chi connectivity index (χ0n) is 16.5. The number of methoxy groups -OCH3 is 1. The van der Waals surface area contributed by atoms with Crippen LogP contribution in [0.15, 0.2) is 42.7 Å². The number of nitrogens with zero attached hydrogens (tertiary/aromatic N) is 3. The molecule has 1 fully saturated rings. The predicted octanol–water partition coefficient (Wildman–Crippen LogP) is 3.65. The van der Waals surface area contributed by atoms with Gasteiger partial charge in [-0.25, -0.2) is 9.97 Å². The van der Waals surface area contributed by atoms with Gasteiger partial charge in [-0.05, 0) is 43.9 Å². The van der Waals surface area contributed by atoms with Gasteiger partial charge in [0.1, 0.15) is 17.5 Å². The normalized spacial score (nSPS) is 18.6. The van der Waals surface area contributed by atoms with Crippen molar-refractivity contribution >= 4 is 17.5 Å². The van der Waals surface area contributed by atoms with Crippen molar-refractivity contribution in [2.24, 2.45) is 0 Å². The molecule has 2 heterocycles. The third kappa shape index (κ3) is 4.71. The van der Waals surface area contributed by atoms with Gasteiger partial charge in [0, 0.05) is 11.6 Å². The van der Waals surface area contributed by atoms with Gasteiger partial charge in [-0.2, -0.15) is 5.10 Å². The van der Waals surface area contributed by atoms with E-state index < -0.39 is 0 Å². The molecule has 0 bridgehead atoms. The fourth-order valence-corrected chi connectivity index (χ4v) is 3.63. The van der Waals surface area contributed by atoms with E-state index in [9.17, 15) is 4.79 Å². The fraction of sp³-hybridized carbons (Fsp3) is 0.333. The van der Waals surface area contributed by atoms with Crippen molar-refractivity contribution in [2.45, 2.75) is 37.8 Å². The molecule has 0 aliphatic heterocycles. The number of benzene rings is 1. The van der Waals surface area contributed by atoms with E-state index >= 15 is 0 Å². The number of carbonyl (C=O) groups is 1. The van der Waals surface area contributed by atoms with Gasteiger partial charge in [0.05, 0.1) is 30.2 Å². The number of aromatic nitrogens is 4. The van der Waals surface area contributed by atoms with Gasteiger partial charge in [0.25, 0.3) is 5.91 Å². The molecule has 3 aromatic rings. The van der Waals surface area contributed by atoms with Crippen LogP contribution in [-0.2, 0) is 0 Å². The molecule has 2 aromatic heterocycles. The predicted molar refractivity (Wildman–Crippen MR) is 112 cm³/mol. The summed E-state index contributed by atoms with van der Waals surface area (Å²) in [7, 11) is 1.61. The quantitative estimate of drug-likeness (QED) is 0.622. The average molecular weight is 428 g/mol. The number of nitrogens with one attached hydrogen (secondary N) is 2. The van der Waals surface area contributed by atoms with Gasteiger partial charge >= 0.3 is 6.01 Å². The third-order valence-corrected chi connectivity index (χ3v) is 5.28. The number of ether oxygens (including phenoxy) is 2. The van der Waals surface area contributed by atoms with Crippen molar-refractivity contribution in [2.75, 3.05) is 7.11 Å². The molecule has 0 unspecified atom stereocenters. The number of rotatable bonds is 6. The maximum absolute atomic E-state index is 12.6. The number of hydrogen-bond acceptors (Lipinski definition) is 6. The first kappa shape index (κ1) is 20.2. The Morgan fingerprint density at radius 3 is 2.63 bits per heavy atom. The molecule has 0 saturated heterocycles. The van der Waals surface area contributed by atoms with E-state index in [1.165, 1.54) is 12.4 Å². The molecule has 8 nitrogen and oxygen atoms in total. The van der Waals surface area contributed by atoms with E-state index in [0.717, 1.165) is 31.2 Å². The summed E-state index contributed by atoms with van der Waals surface area (Å²) in [6.45, 7) is 0. The Labute approximate surface area is 179 Å². The Bertz CT molecular complexity index is 1000. The van der Waals surface area contributed by atoms with E-state index in [0.29, 0.717) is 28.2 Å². The molecule has 1 saturated carbocycles. The first-order valence-electron chi connectivity index (χ1n) is 9.76. The molecular formula is C21H22ClN5O3. The summed E-state index contributed by atoms with van der Waals surface area (Å²) >= 11 is 5.79. The van der Waals surface area contributed by atoms with Crippen LogP contribution in [0.2, 0.25) is 5.02 Å². The molecule has 30 heavy (non-hydrogen) atoms. The Morgan fingerprint density at radius 2 is 1.90 bits per heavy atom. The molecule has 1 aromatic carbocycles. The maximum Gasteiger partial charge on any atom is 0.316 e. The second-order valence-corrected chi connectivity index (χ2v) is 7.55. The number of aromatic amines is 1. The standard InChI is InChI=1S/C21H22ClN5O3/c1-29-19-5-3-2-4-16(19)17-10-18(27-26-17)20(28)25-14-6-8-15(9-7-14)30-21-23-11-13(22)12-24-21/h2-5,10-12,14-15H,6-9H2,1H3,(H,25,28)(H,26,27). The second-order valence-electron chi connectivity index (χ2n) is 7.12. The maximum atomic E-state index is 12.6. The van der Waals surface area contributed by atoms with Crippen LogP contribution in [0.1, 0.15) is 36.2 Å². The number of amides is 1. The van der Waals surface area contributed by atoms with Crippen LogP contribution in [-0.4, -0.2) is 45.3 Å². The Morgan fingerprint density at radius 1 is 1.17 bits per heavy atom. The highest BCUT2D eigenvalue weighted by Gasteiger charge is 2.25. The number of hydrogen-bond donors (Lipinski definition) is 2. The molecule has 2 N–H and O–H groups in total. The van der Waals surface area contributed by atoms with Crippen LogP contribution in [0.3, 0.4) is 0 Å². The largest absolute Gasteiger partial charge is 0.496 e. The molecule has 1 aliphatic rings. The summed E-state index contributed by atoms with van der Waals surface area (Å²) in [5.74, 6) is 0.535. The molecule has 0 spiro atoms. The highest BCUT2D eigenvalue weighted by atomic mass is 35.5. The minimum Gasteiger partial charge on any atom is -0.496 e. The summed E-state index contributed by atoms with van der Waals surface area (Å²) < 4.78 is 11.2. The molecule has 0 radical (unpaired) electrons. The zero-order valence-corrected chi connectivity index (χ0v) is 17.2. The molecule has 1 amide bonds. The number of para-hydroxylation sites is 1. The smallest absolute Gasteiger partial charge is 0.316 e. The van der Waals surface area contributed by atoms with Gasteiger partial charge in [-0.3, -0.25) is 9.89 Å². The molecular weight excluding hydrogens is 406 g/mol. The van der Waals surface area contributed by atoms with Crippen molar-refractivity contribution < 1.29 is 14.3 Å². The van der Waals surface area contributed by atoms with Crippen LogP contribution < -0.4 is 14.8 Å². The molecule has 4 rings (SSSR count). The lowest BCUT2D eigenvalue weighted by molar-refractivity contribution is 0.0880. The van der Waals surface area contributed by atoms with Crippen LogP contribution in [0.5, 0.6) is 11.8 Å². The van der Waals surface area contributed by atoms with Crippen molar-refractivity contribution in [3.05, 3.63) is 53.4 Å². The second kappa shape index (κ2) is 9.13. The lowest BCUT2D eigenvalue weighted by Gasteiger charge is -2.28. The van der Waals surface area contributed by atoms with E-state index in [2.05, 4.69) is 25.5 Å². The van der Waals surface area contributed by atoms with Gasteiger partial charge in [0.2, 0.25) is 0 Å². The van der Waals surface area contributed by atoms with Crippen molar-refractivity contribution in [1.82, 2.24) is 25.5 Å². The Hall–Kier alpha value is -3.13. The lowest BCUT2D eigenvalue weighted by Crippen LogP contribution is -2.40. The van der Waals surface area contributed by atoms with Gasteiger partial charge in [-0.1, -0.05) is 23.7 Å². The Balaban J connectivity index is 1.31. The van der Waals surface area contributed by atoms with Crippen LogP contribution >= 0.6 is 11.6 Å². The monoisotopic (exact) mass is 427 g/mol. The molecule has 0 atom stereocenters. The minimum atomic E-state index is -0.172. The summed E-state index contributed by atoms with van der Waals surface area (Å²) in [4.78, 5) is 20.8. The lowest BCUT2D eigenvalue weighted by atomic mass is 9.93. The zero-order chi connectivity index (χ0) is 20.9. The van der Waals surface area contributed by atoms with E-state index in [4.69, 9.17) is 21.1 Å². The van der Waals surface area contributed by atoms with Gasteiger partial charge in [0.15, 0.2) is 0 Å². The van der Waals surface area contributed by atoms with Gasteiger partial charge in [-0.15, -0.1) is 0 Å². The number of carbonyl (C=O) groups excluding carboxylic acids is 1. The highest BCUT2D eigenvalue weighted by molar-refractivity contribution is 6.30. The third-order valence-electron chi connectivity index (χ3n) is 5.08. The van der Waals surface area contributed by atoms with Crippen molar-refractivity contribution in [1.29, 1.82) is 0 Å². The minimum absolute atomic E-state index is 0.0311.